The van der Waals surface area contributed by atoms with Gasteiger partial charge in [0.15, 0.2) is 4.91 Å². The van der Waals surface area contributed by atoms with E-state index < -0.39 is 21.5 Å². The number of carbonyl (C=O) groups is 1. The summed E-state index contributed by atoms with van der Waals surface area (Å²) in [4.78, 5) is 13.4. The molecule has 1 aliphatic heterocycles. The topological polar surface area (TPSA) is 66.5 Å². The second kappa shape index (κ2) is 8.99. The summed E-state index contributed by atoms with van der Waals surface area (Å²) < 4.78 is 29.0. The molecule has 0 unspecified atom stereocenters. The standard InChI is InChI=1S/C26H31ClN2O3S/c1-7-15-29-21-14-13-19(27)16-20(21)22(18-11-9-8-10-12-18)23(33(29,31)32)24(30)28-26(5,6)17-25(2,3)4/h7-14,16H,1,15,17H2,2-6H3,(H,28,30). The van der Waals surface area contributed by atoms with Crippen LogP contribution in [-0.4, -0.2) is 26.4 Å². The van der Waals surface area contributed by atoms with E-state index in [0.717, 1.165) is 0 Å². The summed E-state index contributed by atoms with van der Waals surface area (Å²) in [5, 5.41) is 3.44. The lowest BCUT2D eigenvalue weighted by atomic mass is 9.81. The zero-order valence-corrected chi connectivity index (χ0v) is 21.3. The van der Waals surface area contributed by atoms with Gasteiger partial charge in [-0.25, -0.2) is 8.42 Å². The number of halogens is 1. The van der Waals surface area contributed by atoms with Crippen molar-refractivity contribution in [3.05, 3.63) is 82.2 Å². The number of fused-ring (bicyclic) bond motifs is 1. The van der Waals surface area contributed by atoms with Crippen molar-refractivity contribution in [3.63, 3.8) is 0 Å². The first-order chi connectivity index (χ1) is 15.3. The Balaban J connectivity index is 2.31. The fourth-order valence-electron chi connectivity index (χ4n) is 4.59. The van der Waals surface area contributed by atoms with Crippen LogP contribution >= 0.6 is 11.6 Å². The summed E-state index contributed by atoms with van der Waals surface area (Å²) in [6, 6.07) is 14.1. The highest BCUT2D eigenvalue weighted by molar-refractivity contribution is 7.97. The van der Waals surface area contributed by atoms with Gasteiger partial charge in [-0.2, -0.15) is 0 Å². The van der Waals surface area contributed by atoms with Crippen molar-refractivity contribution in [2.24, 2.45) is 5.41 Å². The fourth-order valence-corrected chi connectivity index (χ4v) is 6.47. The van der Waals surface area contributed by atoms with Crippen LogP contribution in [0.3, 0.4) is 0 Å². The van der Waals surface area contributed by atoms with Crippen LogP contribution in [0.2, 0.25) is 5.02 Å². The minimum atomic E-state index is -4.18. The molecule has 7 heteroatoms. The summed E-state index contributed by atoms with van der Waals surface area (Å²) in [6.07, 6.45) is 2.17. The first kappa shape index (κ1) is 25.1. The highest BCUT2D eigenvalue weighted by Crippen LogP contribution is 2.44. The molecule has 1 aliphatic rings. The minimum Gasteiger partial charge on any atom is -0.346 e. The Bertz CT molecular complexity index is 1210. The van der Waals surface area contributed by atoms with Crippen LogP contribution in [0, 0.1) is 5.41 Å². The average Bonchev–Trinajstić information content (AvgIpc) is 2.67. The zero-order chi connectivity index (χ0) is 24.6. The Morgan fingerprint density at radius 1 is 1.09 bits per heavy atom. The molecule has 0 saturated carbocycles. The van der Waals surface area contributed by atoms with Gasteiger partial charge >= 0.3 is 0 Å². The van der Waals surface area contributed by atoms with Gasteiger partial charge in [0, 0.05) is 21.7 Å². The van der Waals surface area contributed by atoms with Crippen LogP contribution < -0.4 is 9.62 Å². The van der Waals surface area contributed by atoms with E-state index in [1.807, 2.05) is 32.0 Å². The molecule has 0 spiro atoms. The van der Waals surface area contributed by atoms with E-state index in [1.165, 1.54) is 10.4 Å². The molecular formula is C26H31ClN2O3S. The number of amides is 1. The molecule has 1 heterocycles. The second-order valence-electron chi connectivity index (χ2n) is 10.1. The number of rotatable bonds is 6. The molecule has 33 heavy (non-hydrogen) atoms. The fraction of sp³-hybridized carbons (Fsp3) is 0.346. The van der Waals surface area contributed by atoms with E-state index >= 15 is 0 Å². The lowest BCUT2D eigenvalue weighted by Gasteiger charge is -2.36. The number of nitrogens with one attached hydrogen (secondary N) is 1. The molecule has 0 aliphatic carbocycles. The van der Waals surface area contributed by atoms with Gasteiger partial charge in [0.2, 0.25) is 0 Å². The lowest BCUT2D eigenvalue weighted by Crippen LogP contribution is -2.49. The van der Waals surface area contributed by atoms with Gasteiger partial charge in [-0.15, -0.1) is 6.58 Å². The van der Waals surface area contributed by atoms with Crippen LogP contribution in [0.1, 0.15) is 52.2 Å². The van der Waals surface area contributed by atoms with Gasteiger partial charge in [-0.3, -0.25) is 9.10 Å². The molecule has 0 radical (unpaired) electrons. The largest absolute Gasteiger partial charge is 0.346 e. The summed E-state index contributed by atoms with van der Waals surface area (Å²) in [5.74, 6) is -0.636. The average molecular weight is 487 g/mol. The molecule has 0 fully saturated rings. The number of hydrogen-bond donors (Lipinski definition) is 1. The number of nitrogens with zero attached hydrogens (tertiary/aromatic N) is 1. The summed E-state index contributed by atoms with van der Waals surface area (Å²) in [7, 11) is -4.18. The third-order valence-corrected chi connectivity index (χ3v) is 7.33. The van der Waals surface area contributed by atoms with E-state index in [1.54, 1.807) is 30.3 Å². The normalized spacial score (nSPS) is 15.8. The maximum Gasteiger partial charge on any atom is 0.270 e. The molecule has 1 N–H and O–H groups in total. The van der Waals surface area contributed by atoms with E-state index in [2.05, 4.69) is 32.7 Å². The quantitative estimate of drug-likeness (QED) is 0.527. The summed E-state index contributed by atoms with van der Waals surface area (Å²) in [6.45, 7) is 13.8. The smallest absolute Gasteiger partial charge is 0.270 e. The van der Waals surface area contributed by atoms with Crippen LogP contribution in [0.25, 0.3) is 5.57 Å². The highest BCUT2D eigenvalue weighted by atomic mass is 35.5. The molecule has 0 bridgehead atoms. The van der Waals surface area contributed by atoms with Crippen LogP contribution in [0.5, 0.6) is 0 Å². The molecule has 5 nitrogen and oxygen atoms in total. The second-order valence-corrected chi connectivity index (χ2v) is 12.4. The molecule has 2 aromatic rings. The SMILES string of the molecule is C=CCN1c2ccc(Cl)cc2C(c2ccccc2)=C(C(=O)NC(C)(C)CC(C)(C)C)S1(=O)=O. The van der Waals surface area contributed by atoms with Crippen molar-refractivity contribution in [1.29, 1.82) is 0 Å². The van der Waals surface area contributed by atoms with E-state index in [4.69, 9.17) is 11.6 Å². The van der Waals surface area contributed by atoms with E-state index in [0.29, 0.717) is 33.8 Å². The predicted octanol–water partition coefficient (Wildman–Crippen LogP) is 5.77. The maximum atomic E-state index is 13.9. The summed E-state index contributed by atoms with van der Waals surface area (Å²) in [5.41, 5.74) is 1.33. The monoisotopic (exact) mass is 486 g/mol. The van der Waals surface area contributed by atoms with Gasteiger partial charge in [0.1, 0.15) is 0 Å². The molecule has 3 rings (SSSR count). The first-order valence-corrected chi connectivity index (χ1v) is 12.6. The Labute approximate surface area is 202 Å². The van der Waals surface area contributed by atoms with Gasteiger partial charge in [0.25, 0.3) is 15.9 Å². The third-order valence-electron chi connectivity index (χ3n) is 5.26. The first-order valence-electron chi connectivity index (χ1n) is 10.8. The van der Waals surface area contributed by atoms with Crippen molar-refractivity contribution >= 4 is 38.8 Å². The number of anilines is 1. The van der Waals surface area contributed by atoms with Crippen molar-refractivity contribution in [2.75, 3.05) is 10.8 Å². The van der Waals surface area contributed by atoms with Gasteiger partial charge in [-0.1, -0.05) is 68.8 Å². The molecule has 0 atom stereocenters. The number of sulfonamides is 1. The van der Waals surface area contributed by atoms with Gasteiger partial charge in [-0.05, 0) is 49.4 Å². The molecule has 0 aromatic heterocycles. The number of carbonyl (C=O) groups excluding carboxylic acids is 1. The number of benzene rings is 2. The van der Waals surface area contributed by atoms with Crippen molar-refractivity contribution in [2.45, 2.75) is 46.6 Å². The molecule has 1 amide bonds. The highest BCUT2D eigenvalue weighted by Gasteiger charge is 2.42. The molecule has 2 aromatic carbocycles. The van der Waals surface area contributed by atoms with Crippen molar-refractivity contribution in [1.82, 2.24) is 5.32 Å². The van der Waals surface area contributed by atoms with Gasteiger partial charge in [0.05, 0.1) is 12.2 Å². The zero-order valence-electron chi connectivity index (χ0n) is 19.8. The molecule has 0 saturated heterocycles. The van der Waals surface area contributed by atoms with Gasteiger partial charge < -0.3 is 5.32 Å². The molecular weight excluding hydrogens is 456 g/mol. The Kier molecular flexibility index (Phi) is 6.83. The van der Waals surface area contributed by atoms with Crippen LogP contribution in [0.4, 0.5) is 5.69 Å². The Hall–Kier alpha value is -2.57. The van der Waals surface area contributed by atoms with E-state index in [9.17, 15) is 13.2 Å². The maximum absolute atomic E-state index is 13.9. The molecule has 176 valence electrons. The number of hydrogen-bond acceptors (Lipinski definition) is 3. The summed E-state index contributed by atoms with van der Waals surface area (Å²) >= 11 is 6.32. The minimum absolute atomic E-state index is 0.0290. The Morgan fingerprint density at radius 2 is 1.73 bits per heavy atom. The third kappa shape index (κ3) is 5.33. The van der Waals surface area contributed by atoms with Crippen LogP contribution in [-0.2, 0) is 14.8 Å². The van der Waals surface area contributed by atoms with Crippen molar-refractivity contribution < 1.29 is 13.2 Å². The van der Waals surface area contributed by atoms with Crippen molar-refractivity contribution in [3.8, 4) is 0 Å². The van der Waals surface area contributed by atoms with E-state index in [-0.39, 0.29) is 16.9 Å². The van der Waals surface area contributed by atoms with Crippen LogP contribution in [0.15, 0.2) is 66.1 Å². The predicted molar refractivity (Wildman–Crippen MR) is 137 cm³/mol. The lowest BCUT2D eigenvalue weighted by molar-refractivity contribution is -0.118. The Morgan fingerprint density at radius 3 is 2.30 bits per heavy atom.